The summed E-state index contributed by atoms with van der Waals surface area (Å²) in [5.74, 6) is -0.327. The highest BCUT2D eigenvalue weighted by atomic mass is 16.5. The minimum absolute atomic E-state index is 0.165. The van der Waals surface area contributed by atoms with Crippen LogP contribution in [0.3, 0.4) is 0 Å². The van der Waals surface area contributed by atoms with Crippen LogP contribution >= 0.6 is 0 Å². The van der Waals surface area contributed by atoms with Crippen LogP contribution in [-0.2, 0) is 20.9 Å². The van der Waals surface area contributed by atoms with Gasteiger partial charge in [-0.2, -0.15) is 0 Å². The van der Waals surface area contributed by atoms with Crippen LogP contribution in [-0.4, -0.2) is 52.6 Å². The molecular formula is C27H27N5O5. The lowest BCUT2D eigenvalue weighted by Gasteiger charge is -2.16. The van der Waals surface area contributed by atoms with Crippen LogP contribution in [0.5, 0.6) is 0 Å². The Hall–Kier alpha value is -4.73. The predicted molar refractivity (Wildman–Crippen MR) is 136 cm³/mol. The first-order valence-electron chi connectivity index (χ1n) is 11.8. The van der Waals surface area contributed by atoms with E-state index in [-0.39, 0.29) is 19.6 Å². The molecule has 0 aliphatic carbocycles. The fraction of sp³-hybridized carbons (Fsp3) is 0.222. The summed E-state index contributed by atoms with van der Waals surface area (Å²) in [6.07, 6.45) is 3.50. The molecule has 4 rings (SSSR count). The zero-order valence-electron chi connectivity index (χ0n) is 20.3. The number of esters is 1. The van der Waals surface area contributed by atoms with Crippen LogP contribution in [0.4, 0.5) is 4.79 Å². The summed E-state index contributed by atoms with van der Waals surface area (Å²) in [4.78, 5) is 48.8. The second kappa shape index (κ2) is 12.3. The number of aromatic amines is 1. The van der Waals surface area contributed by atoms with Crippen molar-refractivity contribution in [2.45, 2.75) is 25.5 Å². The average Bonchev–Trinajstić information content (AvgIpc) is 3.37. The highest BCUT2D eigenvalue weighted by Crippen LogP contribution is 2.21. The Labute approximate surface area is 213 Å². The van der Waals surface area contributed by atoms with Crippen molar-refractivity contribution in [3.05, 3.63) is 84.2 Å². The van der Waals surface area contributed by atoms with Gasteiger partial charge in [0.1, 0.15) is 18.5 Å². The number of methoxy groups -OCH3 is 1. The summed E-state index contributed by atoms with van der Waals surface area (Å²) in [5, 5.41) is 5.37. The molecule has 2 amide bonds. The number of pyridine rings is 1. The lowest BCUT2D eigenvalue weighted by atomic mass is 10.1. The predicted octanol–water partition coefficient (Wildman–Crippen LogP) is 3.60. The van der Waals surface area contributed by atoms with Gasteiger partial charge in [-0.15, -0.1) is 0 Å². The van der Waals surface area contributed by atoms with Gasteiger partial charge in [-0.1, -0.05) is 30.3 Å². The van der Waals surface area contributed by atoms with Crippen molar-refractivity contribution in [2.75, 3.05) is 13.7 Å². The first-order chi connectivity index (χ1) is 18.0. The number of benzene rings is 2. The van der Waals surface area contributed by atoms with Crippen molar-refractivity contribution in [1.82, 2.24) is 25.6 Å². The summed E-state index contributed by atoms with van der Waals surface area (Å²) in [6.45, 7) is 0.438. The van der Waals surface area contributed by atoms with Crippen molar-refractivity contribution < 1.29 is 23.9 Å². The van der Waals surface area contributed by atoms with Crippen LogP contribution in [0.15, 0.2) is 73.1 Å². The van der Waals surface area contributed by atoms with Gasteiger partial charge in [0, 0.05) is 30.1 Å². The molecule has 37 heavy (non-hydrogen) atoms. The van der Waals surface area contributed by atoms with E-state index in [0.29, 0.717) is 28.8 Å². The van der Waals surface area contributed by atoms with Gasteiger partial charge in [0.2, 0.25) is 0 Å². The van der Waals surface area contributed by atoms with Crippen LogP contribution in [0.25, 0.3) is 22.4 Å². The molecule has 10 nitrogen and oxygen atoms in total. The molecule has 190 valence electrons. The molecule has 0 radical (unpaired) electrons. The Morgan fingerprint density at radius 2 is 1.81 bits per heavy atom. The van der Waals surface area contributed by atoms with E-state index in [9.17, 15) is 14.4 Å². The number of hydrogen-bond donors (Lipinski definition) is 3. The van der Waals surface area contributed by atoms with E-state index in [2.05, 4.69) is 25.6 Å². The van der Waals surface area contributed by atoms with E-state index in [1.807, 2.05) is 42.5 Å². The molecule has 0 unspecified atom stereocenters. The number of hydrogen-bond acceptors (Lipinski definition) is 7. The Balaban J connectivity index is 1.30. The van der Waals surface area contributed by atoms with Crippen molar-refractivity contribution in [1.29, 1.82) is 0 Å². The topological polar surface area (TPSA) is 135 Å². The summed E-state index contributed by atoms with van der Waals surface area (Å²) >= 11 is 0. The van der Waals surface area contributed by atoms with E-state index < -0.39 is 24.0 Å². The van der Waals surface area contributed by atoms with Crippen molar-refractivity contribution in [3.63, 3.8) is 0 Å². The number of H-pyrrole nitrogens is 1. The average molecular weight is 502 g/mol. The number of carbonyl (C=O) groups excluding carboxylic acids is 3. The highest BCUT2D eigenvalue weighted by Gasteiger charge is 2.22. The Bertz CT molecular complexity index is 1360. The molecule has 0 spiro atoms. The second-order valence-corrected chi connectivity index (χ2v) is 8.23. The van der Waals surface area contributed by atoms with Gasteiger partial charge in [-0.05, 0) is 48.7 Å². The molecule has 10 heteroatoms. The van der Waals surface area contributed by atoms with Crippen LogP contribution in [0.2, 0.25) is 0 Å². The smallest absolute Gasteiger partial charge is 0.407 e. The third kappa shape index (κ3) is 6.91. The molecular weight excluding hydrogens is 474 g/mol. The first-order valence-corrected chi connectivity index (χ1v) is 11.8. The number of aromatic nitrogens is 3. The number of alkyl carbamates (subject to hydrolysis) is 1. The maximum atomic E-state index is 12.9. The number of carbonyl (C=O) groups is 3. The van der Waals surface area contributed by atoms with Crippen molar-refractivity contribution in [2.24, 2.45) is 0 Å². The largest absolute Gasteiger partial charge is 0.467 e. The molecule has 0 fully saturated rings. The minimum Gasteiger partial charge on any atom is -0.467 e. The third-order valence-electron chi connectivity index (χ3n) is 5.64. The number of imidazole rings is 1. The van der Waals surface area contributed by atoms with Crippen LogP contribution in [0, 0.1) is 0 Å². The number of fused-ring (bicyclic) bond motifs is 1. The first kappa shape index (κ1) is 25.4. The standard InChI is InChI=1S/C27H27N5O5/c1-36-26(34)22(8-5-13-29-27(35)37-17-18-6-3-2-4-7-18)32-25(33)20-9-10-21-23(16-20)31-24(30-21)19-11-14-28-15-12-19/h2-4,6-7,9-12,14-16,22H,5,8,13,17H2,1H3,(H,29,35)(H,30,31)(H,32,33)/t22-/m0/s1. The van der Waals surface area contributed by atoms with E-state index in [4.69, 9.17) is 9.47 Å². The Morgan fingerprint density at radius 3 is 2.57 bits per heavy atom. The summed E-state index contributed by atoms with van der Waals surface area (Å²) in [6, 6.07) is 17.2. The number of rotatable bonds is 10. The van der Waals surface area contributed by atoms with Crippen molar-refractivity contribution >= 4 is 29.0 Å². The van der Waals surface area contributed by atoms with Crippen LogP contribution in [0.1, 0.15) is 28.8 Å². The van der Waals surface area contributed by atoms with E-state index in [0.717, 1.165) is 11.1 Å². The molecule has 2 aromatic heterocycles. The second-order valence-electron chi connectivity index (χ2n) is 8.23. The lowest BCUT2D eigenvalue weighted by molar-refractivity contribution is -0.143. The monoisotopic (exact) mass is 501 g/mol. The molecule has 3 N–H and O–H groups in total. The SMILES string of the molecule is COC(=O)[C@H](CCCNC(=O)OCc1ccccc1)NC(=O)c1ccc2nc(-c3ccncc3)[nH]c2c1. The molecule has 0 saturated carbocycles. The molecule has 2 heterocycles. The van der Waals surface area contributed by atoms with Gasteiger partial charge in [-0.3, -0.25) is 9.78 Å². The normalized spacial score (nSPS) is 11.5. The molecule has 0 aliphatic heterocycles. The number of amides is 2. The molecule has 0 saturated heterocycles. The molecule has 0 bridgehead atoms. The Morgan fingerprint density at radius 1 is 1.03 bits per heavy atom. The summed E-state index contributed by atoms with van der Waals surface area (Å²) in [5.41, 5.74) is 3.52. The van der Waals surface area contributed by atoms with Gasteiger partial charge in [0.15, 0.2) is 0 Å². The fourth-order valence-electron chi connectivity index (χ4n) is 3.70. The van der Waals surface area contributed by atoms with Gasteiger partial charge >= 0.3 is 12.1 Å². The van der Waals surface area contributed by atoms with Crippen LogP contribution < -0.4 is 10.6 Å². The summed E-state index contributed by atoms with van der Waals surface area (Å²) in [7, 11) is 1.26. The number of nitrogens with zero attached hydrogens (tertiary/aromatic N) is 2. The zero-order chi connectivity index (χ0) is 26.0. The Kier molecular flexibility index (Phi) is 8.43. The van der Waals surface area contributed by atoms with E-state index >= 15 is 0 Å². The van der Waals surface area contributed by atoms with Gasteiger partial charge in [-0.25, -0.2) is 14.6 Å². The lowest BCUT2D eigenvalue weighted by Crippen LogP contribution is -2.42. The maximum Gasteiger partial charge on any atom is 0.407 e. The molecule has 1 atom stereocenters. The number of nitrogens with one attached hydrogen (secondary N) is 3. The van der Waals surface area contributed by atoms with Gasteiger partial charge in [0.25, 0.3) is 5.91 Å². The fourth-order valence-corrected chi connectivity index (χ4v) is 3.70. The van der Waals surface area contributed by atoms with Gasteiger partial charge in [0.05, 0.1) is 18.1 Å². The quantitative estimate of drug-likeness (QED) is 0.223. The summed E-state index contributed by atoms with van der Waals surface area (Å²) < 4.78 is 10.0. The van der Waals surface area contributed by atoms with E-state index in [1.165, 1.54) is 7.11 Å². The third-order valence-corrected chi connectivity index (χ3v) is 5.64. The maximum absolute atomic E-state index is 12.9. The highest BCUT2D eigenvalue weighted by molar-refractivity contribution is 5.99. The van der Waals surface area contributed by atoms with Gasteiger partial charge < -0.3 is 25.1 Å². The molecule has 0 aliphatic rings. The van der Waals surface area contributed by atoms with Crippen molar-refractivity contribution in [3.8, 4) is 11.4 Å². The molecule has 2 aromatic carbocycles. The molecule has 4 aromatic rings. The minimum atomic E-state index is -0.871. The number of ether oxygens (including phenoxy) is 2. The zero-order valence-corrected chi connectivity index (χ0v) is 20.3. The van der Waals surface area contributed by atoms with E-state index in [1.54, 1.807) is 30.6 Å².